The molecule has 90 valence electrons. The maximum Gasteiger partial charge on any atom is 0.246 e. The summed E-state index contributed by atoms with van der Waals surface area (Å²) in [6, 6.07) is 0. The number of nitrogens with one attached hydrogen (secondary N) is 2. The monoisotopic (exact) mass is 245 g/mol. The zero-order valence-corrected chi connectivity index (χ0v) is 10.0. The molecule has 4 N–H and O–H groups in total. The lowest BCUT2D eigenvalue weighted by Gasteiger charge is -2.18. The molecule has 0 saturated heterocycles. The van der Waals surface area contributed by atoms with E-state index in [2.05, 4.69) is 10.2 Å². The Bertz CT molecular complexity index is 478. The Labute approximate surface area is 94.2 Å². The van der Waals surface area contributed by atoms with E-state index in [-0.39, 0.29) is 23.8 Å². The van der Waals surface area contributed by atoms with Crippen LogP contribution in [0.15, 0.2) is 11.1 Å². The van der Waals surface area contributed by atoms with Gasteiger partial charge in [0.2, 0.25) is 10.0 Å². The third kappa shape index (κ3) is 2.39. The molecule has 1 aromatic heterocycles. The number of amidine groups is 1. The molecule has 0 spiro atoms. The van der Waals surface area contributed by atoms with Crippen LogP contribution in [-0.4, -0.2) is 41.8 Å². The molecule has 7 nitrogen and oxygen atoms in total. The normalized spacial score (nSPS) is 11.9. The van der Waals surface area contributed by atoms with Crippen LogP contribution in [0, 0.1) is 12.3 Å². The van der Waals surface area contributed by atoms with Crippen molar-refractivity contribution in [1.82, 2.24) is 14.5 Å². The number of aromatic nitrogens is 2. The zero-order chi connectivity index (χ0) is 12.3. The van der Waals surface area contributed by atoms with Gasteiger partial charge >= 0.3 is 0 Å². The number of likely N-dealkylation sites (N-methyl/N-ethyl adjacent to an activating group) is 1. The molecular weight excluding hydrogens is 230 g/mol. The summed E-state index contributed by atoms with van der Waals surface area (Å²) in [6.07, 6.45) is 1.26. The molecule has 1 rings (SSSR count). The highest BCUT2D eigenvalue weighted by molar-refractivity contribution is 7.89. The van der Waals surface area contributed by atoms with E-state index >= 15 is 0 Å². The molecule has 1 aromatic rings. The van der Waals surface area contributed by atoms with E-state index in [1.165, 1.54) is 6.20 Å². The summed E-state index contributed by atoms with van der Waals surface area (Å²) in [7, 11) is -3.61. The van der Waals surface area contributed by atoms with E-state index in [0.717, 1.165) is 4.31 Å². The van der Waals surface area contributed by atoms with Gasteiger partial charge in [0.1, 0.15) is 10.7 Å². The van der Waals surface area contributed by atoms with E-state index in [4.69, 9.17) is 11.1 Å². The van der Waals surface area contributed by atoms with Crippen LogP contribution in [0.5, 0.6) is 0 Å². The van der Waals surface area contributed by atoms with Crippen LogP contribution < -0.4 is 5.73 Å². The number of hydrogen-bond acceptors (Lipinski definition) is 4. The molecule has 16 heavy (non-hydrogen) atoms. The van der Waals surface area contributed by atoms with Crippen molar-refractivity contribution in [3.8, 4) is 0 Å². The van der Waals surface area contributed by atoms with Crippen molar-refractivity contribution in [3.63, 3.8) is 0 Å². The van der Waals surface area contributed by atoms with Gasteiger partial charge in [-0.1, -0.05) is 6.92 Å². The second-order valence-electron chi connectivity index (χ2n) is 3.32. The van der Waals surface area contributed by atoms with Gasteiger partial charge in [-0.15, -0.1) is 0 Å². The second kappa shape index (κ2) is 4.62. The van der Waals surface area contributed by atoms with Crippen LogP contribution in [-0.2, 0) is 10.0 Å². The van der Waals surface area contributed by atoms with E-state index < -0.39 is 10.0 Å². The van der Waals surface area contributed by atoms with E-state index in [1.807, 2.05) is 0 Å². The molecule has 0 fully saturated rings. The lowest BCUT2D eigenvalue weighted by Crippen LogP contribution is -2.38. The molecular formula is C8H15N5O2S. The fourth-order valence-electron chi connectivity index (χ4n) is 1.30. The maximum absolute atomic E-state index is 12.1. The van der Waals surface area contributed by atoms with Crippen molar-refractivity contribution in [1.29, 1.82) is 5.41 Å². The van der Waals surface area contributed by atoms with Gasteiger partial charge in [-0.2, -0.15) is 9.40 Å². The predicted molar refractivity (Wildman–Crippen MR) is 59.7 cm³/mol. The summed E-state index contributed by atoms with van der Waals surface area (Å²) < 4.78 is 25.3. The van der Waals surface area contributed by atoms with E-state index in [9.17, 15) is 8.42 Å². The van der Waals surface area contributed by atoms with Crippen LogP contribution >= 0.6 is 0 Å². The molecule has 0 aliphatic rings. The van der Waals surface area contributed by atoms with Gasteiger partial charge in [0.05, 0.1) is 18.4 Å². The molecule has 0 amide bonds. The summed E-state index contributed by atoms with van der Waals surface area (Å²) >= 11 is 0. The smallest absolute Gasteiger partial charge is 0.246 e. The molecule has 8 heteroatoms. The first kappa shape index (κ1) is 12.7. The number of aryl methyl sites for hydroxylation is 1. The topological polar surface area (TPSA) is 116 Å². The number of nitrogens with two attached hydrogens (primary N) is 1. The standard InChI is InChI=1S/C8H15N5O2S/c1-3-13(5-8(9)10)16(14,15)7-4-11-12-6(7)2/h4H,3,5H2,1-2H3,(H3,9,10)(H,11,12). The Balaban J connectivity index is 3.09. The van der Waals surface area contributed by atoms with Crippen LogP contribution in [0.25, 0.3) is 0 Å². The molecule has 0 bridgehead atoms. The molecule has 0 saturated carbocycles. The highest BCUT2D eigenvalue weighted by Crippen LogP contribution is 2.16. The number of rotatable bonds is 5. The van der Waals surface area contributed by atoms with Crippen molar-refractivity contribution >= 4 is 15.9 Å². The first-order chi connectivity index (χ1) is 7.39. The molecule has 0 radical (unpaired) electrons. The Morgan fingerprint density at radius 2 is 2.31 bits per heavy atom. The highest BCUT2D eigenvalue weighted by Gasteiger charge is 2.26. The van der Waals surface area contributed by atoms with Gasteiger partial charge in [-0.3, -0.25) is 10.5 Å². The number of aromatic amines is 1. The molecule has 1 heterocycles. The Kier molecular flexibility index (Phi) is 3.66. The van der Waals surface area contributed by atoms with Gasteiger partial charge < -0.3 is 5.73 Å². The van der Waals surface area contributed by atoms with Gasteiger partial charge in [-0.05, 0) is 6.92 Å². The molecule has 0 atom stereocenters. The van der Waals surface area contributed by atoms with Crippen LogP contribution in [0.4, 0.5) is 0 Å². The average Bonchev–Trinajstić information content (AvgIpc) is 2.60. The third-order valence-corrected chi connectivity index (χ3v) is 4.14. The Morgan fingerprint density at radius 3 is 2.69 bits per heavy atom. The summed E-state index contributed by atoms with van der Waals surface area (Å²) in [5.41, 5.74) is 5.68. The van der Waals surface area contributed by atoms with E-state index in [0.29, 0.717) is 5.69 Å². The predicted octanol–water partition coefficient (Wildman–Crippen LogP) is -0.335. The van der Waals surface area contributed by atoms with Crippen molar-refractivity contribution < 1.29 is 8.42 Å². The summed E-state index contributed by atoms with van der Waals surface area (Å²) in [4.78, 5) is 0.121. The van der Waals surface area contributed by atoms with Crippen molar-refractivity contribution in [2.24, 2.45) is 5.73 Å². The minimum Gasteiger partial charge on any atom is -0.387 e. The second-order valence-corrected chi connectivity index (χ2v) is 5.22. The number of sulfonamides is 1. The summed E-state index contributed by atoms with van der Waals surface area (Å²) in [5, 5.41) is 13.4. The number of hydrogen-bond donors (Lipinski definition) is 3. The molecule has 0 aliphatic carbocycles. The Morgan fingerprint density at radius 1 is 1.69 bits per heavy atom. The first-order valence-electron chi connectivity index (χ1n) is 4.72. The van der Waals surface area contributed by atoms with Crippen LogP contribution in [0.3, 0.4) is 0 Å². The van der Waals surface area contributed by atoms with Crippen molar-refractivity contribution in [2.75, 3.05) is 13.1 Å². The number of H-pyrrole nitrogens is 1. The molecule has 0 aromatic carbocycles. The van der Waals surface area contributed by atoms with Crippen molar-refractivity contribution in [2.45, 2.75) is 18.7 Å². The first-order valence-corrected chi connectivity index (χ1v) is 6.16. The average molecular weight is 245 g/mol. The lowest BCUT2D eigenvalue weighted by atomic mass is 10.5. The van der Waals surface area contributed by atoms with Gasteiger partial charge in [0, 0.05) is 6.54 Å². The zero-order valence-electron chi connectivity index (χ0n) is 9.19. The minimum atomic E-state index is -3.61. The SMILES string of the molecule is CCN(CC(=N)N)S(=O)(=O)c1cn[nH]c1C. The van der Waals surface area contributed by atoms with Crippen molar-refractivity contribution in [3.05, 3.63) is 11.9 Å². The summed E-state index contributed by atoms with van der Waals surface area (Å²) in [5.74, 6) is -0.188. The molecule has 0 unspecified atom stereocenters. The number of nitrogens with zero attached hydrogens (tertiary/aromatic N) is 2. The fourth-order valence-corrected chi connectivity index (χ4v) is 2.84. The van der Waals surface area contributed by atoms with Gasteiger partial charge in [0.25, 0.3) is 0 Å². The van der Waals surface area contributed by atoms with Crippen LogP contribution in [0.2, 0.25) is 0 Å². The van der Waals surface area contributed by atoms with Gasteiger partial charge in [-0.25, -0.2) is 8.42 Å². The summed E-state index contributed by atoms with van der Waals surface area (Å²) in [6.45, 7) is 3.47. The molecule has 0 aliphatic heterocycles. The highest BCUT2D eigenvalue weighted by atomic mass is 32.2. The minimum absolute atomic E-state index is 0.108. The van der Waals surface area contributed by atoms with E-state index in [1.54, 1.807) is 13.8 Å². The third-order valence-electron chi connectivity index (χ3n) is 2.10. The van der Waals surface area contributed by atoms with Gasteiger partial charge in [0.15, 0.2) is 0 Å². The largest absolute Gasteiger partial charge is 0.387 e. The fraction of sp³-hybridized carbons (Fsp3) is 0.500. The Hall–Kier alpha value is -1.41. The lowest BCUT2D eigenvalue weighted by molar-refractivity contribution is 0.465. The maximum atomic E-state index is 12.1. The quantitative estimate of drug-likeness (QED) is 0.486. The van der Waals surface area contributed by atoms with Crippen LogP contribution in [0.1, 0.15) is 12.6 Å².